The third-order valence-electron chi connectivity index (χ3n) is 2.91. The Bertz CT molecular complexity index is 520. The summed E-state index contributed by atoms with van der Waals surface area (Å²) in [6.07, 6.45) is 3.85. The number of thiazole rings is 1. The van der Waals surface area contributed by atoms with Gasteiger partial charge >= 0.3 is 0 Å². The van der Waals surface area contributed by atoms with E-state index in [-0.39, 0.29) is 0 Å². The molecule has 2 aromatic heterocycles. The summed E-state index contributed by atoms with van der Waals surface area (Å²) in [6.45, 7) is 3.03. The van der Waals surface area contributed by atoms with Crippen LogP contribution in [-0.2, 0) is 12.8 Å². The molecule has 0 aliphatic rings. The molecule has 2 heterocycles. The van der Waals surface area contributed by atoms with Gasteiger partial charge in [-0.2, -0.15) is 0 Å². The van der Waals surface area contributed by atoms with Gasteiger partial charge in [0, 0.05) is 18.5 Å². The molecule has 0 atom stereocenters. The Morgan fingerprint density at radius 1 is 1.42 bits per heavy atom. The largest absolute Gasteiger partial charge is 0.351 e. The Kier molecular flexibility index (Phi) is 5.10. The van der Waals surface area contributed by atoms with Crippen molar-refractivity contribution in [3.05, 3.63) is 33.0 Å². The SMILES string of the molecule is CCCc1nc(N(C)CCc2cccs2)sc1C=O. The van der Waals surface area contributed by atoms with Crippen molar-refractivity contribution in [2.45, 2.75) is 26.2 Å². The van der Waals surface area contributed by atoms with E-state index in [1.54, 1.807) is 11.3 Å². The summed E-state index contributed by atoms with van der Waals surface area (Å²) in [5, 5.41) is 3.05. The first-order valence-electron chi connectivity index (χ1n) is 6.43. The van der Waals surface area contributed by atoms with E-state index in [1.807, 2.05) is 7.05 Å². The number of rotatable bonds is 7. The molecule has 0 radical (unpaired) electrons. The minimum atomic E-state index is 0.778. The van der Waals surface area contributed by atoms with Gasteiger partial charge in [0.05, 0.1) is 10.6 Å². The zero-order valence-electron chi connectivity index (χ0n) is 11.3. The second-order valence-electron chi connectivity index (χ2n) is 4.43. The van der Waals surface area contributed by atoms with Crippen molar-refractivity contribution in [1.29, 1.82) is 0 Å². The lowest BCUT2D eigenvalue weighted by Crippen LogP contribution is -2.19. The van der Waals surface area contributed by atoms with Crippen LogP contribution >= 0.6 is 22.7 Å². The molecule has 0 saturated heterocycles. The van der Waals surface area contributed by atoms with Gasteiger partial charge in [0.15, 0.2) is 11.4 Å². The van der Waals surface area contributed by atoms with Crippen LogP contribution in [0.5, 0.6) is 0 Å². The van der Waals surface area contributed by atoms with E-state index in [0.29, 0.717) is 0 Å². The highest BCUT2D eigenvalue weighted by atomic mass is 32.1. The lowest BCUT2D eigenvalue weighted by molar-refractivity contribution is 0.112. The average Bonchev–Trinajstić information content (AvgIpc) is 3.05. The van der Waals surface area contributed by atoms with E-state index in [1.165, 1.54) is 16.2 Å². The first-order chi connectivity index (χ1) is 9.24. The standard InChI is InChI=1S/C14H18N2OS2/c1-3-5-12-13(10-17)19-14(15-12)16(2)8-7-11-6-4-9-18-11/h4,6,9-10H,3,5,7-8H2,1-2H3. The zero-order chi connectivity index (χ0) is 13.7. The van der Waals surface area contributed by atoms with Crippen LogP contribution in [0.2, 0.25) is 0 Å². The maximum absolute atomic E-state index is 11.0. The van der Waals surface area contributed by atoms with Gasteiger partial charge in [0.1, 0.15) is 0 Å². The Balaban J connectivity index is 2.01. The predicted molar refractivity (Wildman–Crippen MR) is 82.8 cm³/mol. The molecule has 0 N–H and O–H groups in total. The monoisotopic (exact) mass is 294 g/mol. The summed E-state index contributed by atoms with van der Waals surface area (Å²) in [6, 6.07) is 4.23. The van der Waals surface area contributed by atoms with E-state index in [9.17, 15) is 4.79 Å². The van der Waals surface area contributed by atoms with Gasteiger partial charge in [-0.05, 0) is 24.3 Å². The molecule has 0 fully saturated rings. The summed E-state index contributed by atoms with van der Waals surface area (Å²) in [7, 11) is 2.04. The molecule has 3 nitrogen and oxygen atoms in total. The quantitative estimate of drug-likeness (QED) is 0.731. The van der Waals surface area contributed by atoms with Crippen LogP contribution in [0.4, 0.5) is 5.13 Å². The van der Waals surface area contributed by atoms with Gasteiger partial charge < -0.3 is 4.90 Å². The molecular weight excluding hydrogens is 276 g/mol. The minimum Gasteiger partial charge on any atom is -0.351 e. The first kappa shape index (κ1) is 14.2. The highest BCUT2D eigenvalue weighted by Gasteiger charge is 2.13. The van der Waals surface area contributed by atoms with Crippen molar-refractivity contribution in [2.24, 2.45) is 0 Å². The van der Waals surface area contributed by atoms with Crippen LogP contribution in [-0.4, -0.2) is 24.9 Å². The van der Waals surface area contributed by atoms with Gasteiger partial charge in [-0.3, -0.25) is 4.79 Å². The topological polar surface area (TPSA) is 33.2 Å². The number of aldehydes is 1. The molecule has 0 bridgehead atoms. The van der Waals surface area contributed by atoms with Crippen LogP contribution in [0.25, 0.3) is 0 Å². The summed E-state index contributed by atoms with van der Waals surface area (Å²) >= 11 is 3.28. The lowest BCUT2D eigenvalue weighted by Gasteiger charge is -2.14. The second kappa shape index (κ2) is 6.82. The predicted octanol–water partition coefficient (Wildman–Crippen LogP) is 3.65. The van der Waals surface area contributed by atoms with Gasteiger partial charge in [-0.25, -0.2) is 4.98 Å². The number of likely N-dealkylation sites (N-methyl/N-ethyl adjacent to an activating group) is 1. The molecule has 0 spiro atoms. The fraction of sp³-hybridized carbons (Fsp3) is 0.429. The Morgan fingerprint density at radius 3 is 2.89 bits per heavy atom. The smallest absolute Gasteiger partial charge is 0.185 e. The summed E-state index contributed by atoms with van der Waals surface area (Å²) in [5.41, 5.74) is 0.945. The normalized spacial score (nSPS) is 10.6. The van der Waals surface area contributed by atoms with Crippen molar-refractivity contribution in [3.8, 4) is 0 Å². The van der Waals surface area contributed by atoms with Crippen LogP contribution in [0.3, 0.4) is 0 Å². The first-order valence-corrected chi connectivity index (χ1v) is 8.12. The number of hydrogen-bond donors (Lipinski definition) is 0. The maximum atomic E-state index is 11.0. The molecule has 0 unspecified atom stereocenters. The van der Waals surface area contributed by atoms with Crippen LogP contribution in [0.1, 0.15) is 33.6 Å². The highest BCUT2D eigenvalue weighted by molar-refractivity contribution is 7.17. The van der Waals surface area contributed by atoms with Crippen LogP contribution < -0.4 is 4.90 Å². The molecule has 0 amide bonds. The zero-order valence-corrected chi connectivity index (χ0v) is 12.9. The van der Waals surface area contributed by atoms with Crippen LogP contribution in [0.15, 0.2) is 17.5 Å². The third kappa shape index (κ3) is 3.64. The fourth-order valence-electron chi connectivity index (χ4n) is 1.85. The molecule has 0 aliphatic carbocycles. The van der Waals surface area contributed by atoms with Gasteiger partial charge in [-0.15, -0.1) is 11.3 Å². The molecule has 2 rings (SSSR count). The number of aryl methyl sites for hydroxylation is 1. The molecule has 19 heavy (non-hydrogen) atoms. The van der Waals surface area contributed by atoms with Crippen molar-refractivity contribution >= 4 is 34.1 Å². The molecule has 0 aromatic carbocycles. The van der Waals surface area contributed by atoms with Gasteiger partial charge in [-0.1, -0.05) is 30.7 Å². The highest BCUT2D eigenvalue weighted by Crippen LogP contribution is 2.25. The number of hydrogen-bond acceptors (Lipinski definition) is 5. The Morgan fingerprint density at radius 2 is 2.26 bits per heavy atom. The number of aromatic nitrogens is 1. The second-order valence-corrected chi connectivity index (χ2v) is 6.47. The minimum absolute atomic E-state index is 0.778. The van der Waals surface area contributed by atoms with E-state index < -0.39 is 0 Å². The Hall–Kier alpha value is -1.20. The molecule has 5 heteroatoms. The third-order valence-corrected chi connectivity index (χ3v) is 4.98. The van der Waals surface area contributed by atoms with Gasteiger partial charge in [0.2, 0.25) is 0 Å². The summed E-state index contributed by atoms with van der Waals surface area (Å²) < 4.78 is 0. The molecule has 0 aliphatic heterocycles. The number of carbonyl (C=O) groups is 1. The Labute approximate surface area is 121 Å². The number of anilines is 1. The van der Waals surface area contributed by atoms with Gasteiger partial charge in [0.25, 0.3) is 0 Å². The van der Waals surface area contributed by atoms with Crippen molar-refractivity contribution < 1.29 is 4.79 Å². The lowest BCUT2D eigenvalue weighted by atomic mass is 10.2. The van der Waals surface area contributed by atoms with E-state index in [4.69, 9.17) is 0 Å². The molecule has 2 aromatic rings. The van der Waals surface area contributed by atoms with E-state index >= 15 is 0 Å². The molecule has 0 saturated carbocycles. The summed E-state index contributed by atoms with van der Waals surface area (Å²) in [4.78, 5) is 19.9. The summed E-state index contributed by atoms with van der Waals surface area (Å²) in [5.74, 6) is 0. The number of nitrogens with zero attached hydrogens (tertiary/aromatic N) is 2. The van der Waals surface area contributed by atoms with E-state index in [0.717, 1.165) is 47.8 Å². The van der Waals surface area contributed by atoms with Crippen molar-refractivity contribution in [2.75, 3.05) is 18.5 Å². The van der Waals surface area contributed by atoms with Crippen molar-refractivity contribution in [1.82, 2.24) is 4.98 Å². The number of carbonyl (C=O) groups excluding carboxylic acids is 1. The van der Waals surface area contributed by atoms with E-state index in [2.05, 4.69) is 34.3 Å². The van der Waals surface area contributed by atoms with Crippen LogP contribution in [0, 0.1) is 0 Å². The molecule has 102 valence electrons. The maximum Gasteiger partial charge on any atom is 0.185 e. The number of thiophene rings is 1. The fourth-order valence-corrected chi connectivity index (χ4v) is 3.46. The molecular formula is C14H18N2OS2. The average molecular weight is 294 g/mol. The van der Waals surface area contributed by atoms with Crippen molar-refractivity contribution in [3.63, 3.8) is 0 Å².